The van der Waals surface area contributed by atoms with Crippen molar-refractivity contribution < 1.29 is 18.0 Å². The molecule has 3 rings (SSSR count). The zero-order valence-corrected chi connectivity index (χ0v) is 12.2. The van der Waals surface area contributed by atoms with Crippen molar-refractivity contribution >= 4 is 0 Å². The molecule has 1 N–H and O–H groups in total. The van der Waals surface area contributed by atoms with Crippen LogP contribution in [0, 0.1) is 11.6 Å². The summed E-state index contributed by atoms with van der Waals surface area (Å²) in [6.45, 7) is 2.16. The standard InChI is InChI=1S/C15H17F2N3O2/c1-21-9-15(4-6-18-7-5-15)14-19-13(20-22-14)10-2-3-11(16)12(17)8-10/h2-3,8,18H,4-7,9H2,1H3. The fourth-order valence-electron chi connectivity index (χ4n) is 2.79. The Bertz CT molecular complexity index is 648. The van der Waals surface area contributed by atoms with Gasteiger partial charge in [0.2, 0.25) is 11.7 Å². The number of benzene rings is 1. The third-order valence-electron chi connectivity index (χ3n) is 4.04. The molecule has 0 atom stereocenters. The molecule has 1 aliphatic rings. The van der Waals surface area contributed by atoms with Crippen LogP contribution in [0.3, 0.4) is 0 Å². The first-order valence-electron chi connectivity index (χ1n) is 7.14. The summed E-state index contributed by atoms with van der Waals surface area (Å²) in [5.41, 5.74) is 0.0551. The minimum Gasteiger partial charge on any atom is -0.384 e. The summed E-state index contributed by atoms with van der Waals surface area (Å²) in [7, 11) is 1.64. The van der Waals surface area contributed by atoms with E-state index in [1.165, 1.54) is 6.07 Å². The molecule has 0 bridgehead atoms. The van der Waals surface area contributed by atoms with Crippen molar-refractivity contribution in [3.63, 3.8) is 0 Å². The van der Waals surface area contributed by atoms with Gasteiger partial charge in [0, 0.05) is 12.7 Å². The van der Waals surface area contributed by atoms with Gasteiger partial charge in [0.05, 0.1) is 12.0 Å². The number of methoxy groups -OCH3 is 1. The molecule has 1 fully saturated rings. The predicted octanol–water partition coefficient (Wildman–Crippen LogP) is 2.28. The van der Waals surface area contributed by atoms with Gasteiger partial charge in [0.25, 0.3) is 0 Å². The molecule has 22 heavy (non-hydrogen) atoms. The number of hydrogen-bond acceptors (Lipinski definition) is 5. The highest BCUT2D eigenvalue weighted by Gasteiger charge is 2.39. The van der Waals surface area contributed by atoms with Gasteiger partial charge in [-0.05, 0) is 44.1 Å². The molecule has 0 spiro atoms. The Kier molecular flexibility index (Phi) is 4.17. The molecule has 0 radical (unpaired) electrons. The molecular weight excluding hydrogens is 292 g/mol. The second kappa shape index (κ2) is 6.10. The number of rotatable bonds is 4. The number of ether oxygens (including phenoxy) is 1. The minimum absolute atomic E-state index is 0.253. The zero-order valence-electron chi connectivity index (χ0n) is 12.2. The highest BCUT2D eigenvalue weighted by Crippen LogP contribution is 2.34. The van der Waals surface area contributed by atoms with E-state index in [9.17, 15) is 8.78 Å². The van der Waals surface area contributed by atoms with Gasteiger partial charge in [-0.15, -0.1) is 0 Å². The van der Waals surface area contributed by atoms with Crippen LogP contribution in [-0.4, -0.2) is 36.9 Å². The molecule has 2 aromatic rings. The van der Waals surface area contributed by atoms with Gasteiger partial charge in [-0.2, -0.15) is 4.98 Å². The van der Waals surface area contributed by atoms with Gasteiger partial charge in [-0.25, -0.2) is 8.78 Å². The van der Waals surface area contributed by atoms with E-state index in [1.54, 1.807) is 7.11 Å². The number of hydrogen-bond donors (Lipinski definition) is 1. The lowest BCUT2D eigenvalue weighted by molar-refractivity contribution is 0.0850. The summed E-state index contributed by atoms with van der Waals surface area (Å²) >= 11 is 0. The maximum Gasteiger partial charge on any atom is 0.235 e. The lowest BCUT2D eigenvalue weighted by Gasteiger charge is -2.33. The number of aromatic nitrogens is 2. The lowest BCUT2D eigenvalue weighted by atomic mass is 9.79. The Balaban J connectivity index is 1.92. The van der Waals surface area contributed by atoms with Crippen molar-refractivity contribution in [1.82, 2.24) is 15.5 Å². The molecular formula is C15H17F2N3O2. The number of nitrogens with zero attached hydrogens (tertiary/aromatic N) is 2. The molecule has 1 aromatic carbocycles. The maximum absolute atomic E-state index is 13.3. The van der Waals surface area contributed by atoms with Crippen LogP contribution < -0.4 is 5.32 Å². The van der Waals surface area contributed by atoms with Crippen LogP contribution in [0.4, 0.5) is 8.78 Å². The topological polar surface area (TPSA) is 60.2 Å². The lowest BCUT2D eigenvalue weighted by Crippen LogP contribution is -2.43. The molecule has 5 nitrogen and oxygen atoms in total. The van der Waals surface area contributed by atoms with Crippen molar-refractivity contribution in [2.45, 2.75) is 18.3 Å². The Hall–Kier alpha value is -1.86. The summed E-state index contributed by atoms with van der Waals surface area (Å²) in [5.74, 6) is -1.10. The first-order chi connectivity index (χ1) is 10.6. The Morgan fingerprint density at radius 3 is 2.73 bits per heavy atom. The maximum atomic E-state index is 13.3. The van der Waals surface area contributed by atoms with Gasteiger partial charge >= 0.3 is 0 Å². The summed E-state index contributed by atoms with van der Waals surface area (Å²) in [6.07, 6.45) is 1.64. The van der Waals surface area contributed by atoms with Gasteiger partial charge in [0.15, 0.2) is 11.6 Å². The van der Waals surface area contributed by atoms with E-state index in [2.05, 4.69) is 15.5 Å². The van der Waals surface area contributed by atoms with Crippen LogP contribution >= 0.6 is 0 Å². The van der Waals surface area contributed by atoms with Crippen LogP contribution in [0.5, 0.6) is 0 Å². The quantitative estimate of drug-likeness (QED) is 0.939. The molecule has 1 saturated heterocycles. The van der Waals surface area contributed by atoms with Crippen molar-refractivity contribution in [3.8, 4) is 11.4 Å². The normalized spacial score (nSPS) is 17.6. The second-order valence-corrected chi connectivity index (χ2v) is 5.52. The van der Waals surface area contributed by atoms with Crippen LogP contribution in [0.2, 0.25) is 0 Å². The SMILES string of the molecule is COCC1(c2nc(-c3ccc(F)c(F)c3)no2)CCNCC1. The number of halogens is 2. The average molecular weight is 309 g/mol. The fourth-order valence-corrected chi connectivity index (χ4v) is 2.79. The van der Waals surface area contributed by atoms with Crippen LogP contribution in [0.1, 0.15) is 18.7 Å². The highest BCUT2D eigenvalue weighted by atomic mass is 19.2. The van der Waals surface area contributed by atoms with E-state index >= 15 is 0 Å². The molecule has 1 aromatic heterocycles. The van der Waals surface area contributed by atoms with E-state index < -0.39 is 11.6 Å². The monoisotopic (exact) mass is 309 g/mol. The van der Waals surface area contributed by atoms with E-state index in [1.807, 2.05) is 0 Å². The van der Waals surface area contributed by atoms with Crippen molar-refractivity contribution in [2.24, 2.45) is 0 Å². The molecule has 2 heterocycles. The Labute approximate surface area is 126 Å². The molecule has 0 aliphatic carbocycles. The largest absolute Gasteiger partial charge is 0.384 e. The average Bonchev–Trinajstić information content (AvgIpc) is 3.02. The number of piperidine rings is 1. The zero-order chi connectivity index (χ0) is 15.6. The fraction of sp³-hybridized carbons (Fsp3) is 0.467. The van der Waals surface area contributed by atoms with Gasteiger partial charge in [-0.3, -0.25) is 0 Å². The Morgan fingerprint density at radius 2 is 2.05 bits per heavy atom. The molecule has 0 unspecified atom stereocenters. The Morgan fingerprint density at radius 1 is 1.27 bits per heavy atom. The molecule has 7 heteroatoms. The van der Waals surface area contributed by atoms with Gasteiger partial charge in [-0.1, -0.05) is 5.16 Å². The van der Waals surface area contributed by atoms with E-state index in [0.29, 0.717) is 18.1 Å². The predicted molar refractivity (Wildman–Crippen MR) is 75.3 cm³/mol. The third kappa shape index (κ3) is 2.74. The summed E-state index contributed by atoms with van der Waals surface area (Å²) in [4.78, 5) is 4.39. The number of nitrogens with one attached hydrogen (secondary N) is 1. The van der Waals surface area contributed by atoms with Crippen molar-refractivity contribution in [3.05, 3.63) is 35.7 Å². The molecule has 0 amide bonds. The van der Waals surface area contributed by atoms with Crippen LogP contribution in [0.15, 0.2) is 22.7 Å². The van der Waals surface area contributed by atoms with Gasteiger partial charge < -0.3 is 14.6 Å². The first-order valence-corrected chi connectivity index (χ1v) is 7.14. The highest BCUT2D eigenvalue weighted by molar-refractivity contribution is 5.54. The van der Waals surface area contributed by atoms with E-state index in [0.717, 1.165) is 38.1 Å². The van der Waals surface area contributed by atoms with E-state index in [-0.39, 0.29) is 11.2 Å². The smallest absolute Gasteiger partial charge is 0.235 e. The van der Waals surface area contributed by atoms with Gasteiger partial charge in [0.1, 0.15) is 0 Å². The third-order valence-corrected chi connectivity index (χ3v) is 4.04. The minimum atomic E-state index is -0.933. The second-order valence-electron chi connectivity index (χ2n) is 5.52. The summed E-state index contributed by atoms with van der Waals surface area (Å²) in [5, 5.41) is 7.19. The van der Waals surface area contributed by atoms with Crippen LogP contribution in [0.25, 0.3) is 11.4 Å². The molecule has 118 valence electrons. The van der Waals surface area contributed by atoms with Crippen LogP contribution in [-0.2, 0) is 10.2 Å². The van der Waals surface area contributed by atoms with E-state index in [4.69, 9.17) is 9.26 Å². The first kappa shape index (κ1) is 15.1. The summed E-state index contributed by atoms with van der Waals surface area (Å²) < 4.78 is 37.1. The van der Waals surface area contributed by atoms with Crippen molar-refractivity contribution in [2.75, 3.05) is 26.8 Å². The summed E-state index contributed by atoms with van der Waals surface area (Å²) in [6, 6.07) is 3.55. The molecule has 0 saturated carbocycles. The van der Waals surface area contributed by atoms with Crippen molar-refractivity contribution in [1.29, 1.82) is 0 Å². The molecule has 1 aliphatic heterocycles.